The topological polar surface area (TPSA) is 12.0 Å². The lowest BCUT2D eigenvalue weighted by molar-refractivity contribution is 0.541. The van der Waals surface area contributed by atoms with Gasteiger partial charge in [-0.15, -0.1) is 0 Å². The maximum absolute atomic E-state index is 13.7. The molecule has 0 bridgehead atoms. The molecular weight excluding hydrogens is 348 g/mol. The summed E-state index contributed by atoms with van der Waals surface area (Å²) in [5.41, 5.74) is 1.32. The maximum atomic E-state index is 13.7. The Morgan fingerprint density at radius 3 is 2.55 bits per heavy atom. The highest BCUT2D eigenvalue weighted by molar-refractivity contribution is 9.10. The average molecular weight is 361 g/mol. The molecule has 0 radical (unpaired) electrons. The van der Waals surface area contributed by atoms with Gasteiger partial charge in [-0.05, 0) is 42.8 Å². The van der Waals surface area contributed by atoms with Crippen LogP contribution in [0.2, 0.25) is 5.02 Å². The van der Waals surface area contributed by atoms with Crippen molar-refractivity contribution in [1.29, 1.82) is 0 Å². The summed E-state index contributed by atoms with van der Waals surface area (Å²) in [4.78, 5) is 0. The predicted molar refractivity (Wildman–Crippen MR) is 81.0 cm³/mol. The third kappa shape index (κ3) is 3.57. The van der Waals surface area contributed by atoms with Crippen LogP contribution in [0.5, 0.6) is 0 Å². The van der Waals surface area contributed by atoms with Gasteiger partial charge in [0.2, 0.25) is 0 Å². The fraction of sp³-hybridized carbons (Fsp3) is 0.200. The standard InChI is InChI=1S/C15H13BrClF2N/c1-20-15(12-5-3-10(16)7-13(12)17)6-9-2-4-11(18)8-14(9)19/h2-5,7-8,15,20H,6H2,1H3. The van der Waals surface area contributed by atoms with Crippen LogP contribution in [-0.2, 0) is 6.42 Å². The van der Waals surface area contributed by atoms with Crippen molar-refractivity contribution in [3.05, 3.63) is 68.7 Å². The Morgan fingerprint density at radius 1 is 1.20 bits per heavy atom. The van der Waals surface area contributed by atoms with Crippen LogP contribution in [0.4, 0.5) is 8.78 Å². The van der Waals surface area contributed by atoms with Crippen LogP contribution in [-0.4, -0.2) is 7.05 Å². The van der Waals surface area contributed by atoms with Crippen molar-refractivity contribution >= 4 is 27.5 Å². The third-order valence-corrected chi connectivity index (χ3v) is 3.95. The molecule has 0 heterocycles. The molecule has 0 saturated heterocycles. The second-order valence-electron chi connectivity index (χ2n) is 4.45. The quantitative estimate of drug-likeness (QED) is 0.819. The maximum Gasteiger partial charge on any atom is 0.129 e. The average Bonchev–Trinajstić information content (AvgIpc) is 2.39. The second kappa shape index (κ2) is 6.66. The van der Waals surface area contributed by atoms with Crippen molar-refractivity contribution in [2.45, 2.75) is 12.5 Å². The summed E-state index contributed by atoms with van der Waals surface area (Å²) in [5, 5.41) is 3.71. The van der Waals surface area contributed by atoms with Gasteiger partial charge < -0.3 is 5.32 Å². The Kier molecular flexibility index (Phi) is 5.13. The number of benzene rings is 2. The van der Waals surface area contributed by atoms with Gasteiger partial charge in [-0.3, -0.25) is 0 Å². The molecule has 0 fully saturated rings. The van der Waals surface area contributed by atoms with Crippen molar-refractivity contribution in [2.24, 2.45) is 0 Å². The molecule has 1 atom stereocenters. The van der Waals surface area contributed by atoms with E-state index in [1.165, 1.54) is 12.1 Å². The molecule has 20 heavy (non-hydrogen) atoms. The first kappa shape index (κ1) is 15.4. The summed E-state index contributed by atoms with van der Waals surface area (Å²) in [5.74, 6) is -1.12. The molecule has 0 aromatic heterocycles. The number of hydrogen-bond acceptors (Lipinski definition) is 1. The van der Waals surface area contributed by atoms with Gasteiger partial charge in [0.1, 0.15) is 11.6 Å². The van der Waals surface area contributed by atoms with E-state index < -0.39 is 11.6 Å². The predicted octanol–water partition coefficient (Wildman–Crippen LogP) is 4.88. The van der Waals surface area contributed by atoms with Crippen molar-refractivity contribution in [2.75, 3.05) is 7.05 Å². The molecule has 2 aromatic carbocycles. The molecule has 2 rings (SSSR count). The number of halogens is 4. The van der Waals surface area contributed by atoms with E-state index in [-0.39, 0.29) is 6.04 Å². The Labute approximate surface area is 130 Å². The molecule has 0 saturated carbocycles. The van der Waals surface area contributed by atoms with Crippen LogP contribution in [0.25, 0.3) is 0 Å². The van der Waals surface area contributed by atoms with Gasteiger partial charge in [0.05, 0.1) is 0 Å². The minimum atomic E-state index is -0.575. The van der Waals surface area contributed by atoms with Crippen LogP contribution >= 0.6 is 27.5 Å². The lowest BCUT2D eigenvalue weighted by Crippen LogP contribution is -2.19. The van der Waals surface area contributed by atoms with E-state index in [1.807, 2.05) is 12.1 Å². The molecule has 1 N–H and O–H groups in total. The van der Waals surface area contributed by atoms with Crippen LogP contribution in [0.3, 0.4) is 0 Å². The zero-order valence-corrected chi connectivity index (χ0v) is 13.1. The van der Waals surface area contributed by atoms with Crippen molar-refractivity contribution in [1.82, 2.24) is 5.32 Å². The minimum absolute atomic E-state index is 0.143. The lowest BCUT2D eigenvalue weighted by Gasteiger charge is -2.18. The largest absolute Gasteiger partial charge is 0.313 e. The molecule has 106 valence electrons. The second-order valence-corrected chi connectivity index (χ2v) is 5.77. The molecule has 0 amide bonds. The number of hydrogen-bond donors (Lipinski definition) is 1. The van der Waals surface area contributed by atoms with Gasteiger partial charge in [0.25, 0.3) is 0 Å². The summed E-state index contributed by atoms with van der Waals surface area (Å²) < 4.78 is 27.5. The van der Waals surface area contributed by atoms with Crippen LogP contribution in [0.15, 0.2) is 40.9 Å². The molecular formula is C15H13BrClF2N. The smallest absolute Gasteiger partial charge is 0.129 e. The molecule has 1 unspecified atom stereocenters. The first-order chi connectivity index (χ1) is 9.51. The van der Waals surface area contributed by atoms with E-state index in [0.717, 1.165) is 16.1 Å². The van der Waals surface area contributed by atoms with E-state index in [2.05, 4.69) is 21.2 Å². The fourth-order valence-corrected chi connectivity index (χ4v) is 2.86. The van der Waals surface area contributed by atoms with Gasteiger partial charge in [-0.1, -0.05) is 39.7 Å². The summed E-state index contributed by atoms with van der Waals surface area (Å²) in [6.45, 7) is 0. The van der Waals surface area contributed by atoms with Crippen LogP contribution in [0, 0.1) is 11.6 Å². The summed E-state index contributed by atoms with van der Waals surface area (Å²) >= 11 is 9.56. The highest BCUT2D eigenvalue weighted by atomic mass is 79.9. The fourth-order valence-electron chi connectivity index (χ4n) is 2.06. The zero-order valence-electron chi connectivity index (χ0n) is 10.8. The monoisotopic (exact) mass is 359 g/mol. The van der Waals surface area contributed by atoms with Crippen molar-refractivity contribution in [3.8, 4) is 0 Å². The first-order valence-corrected chi connectivity index (χ1v) is 7.24. The van der Waals surface area contributed by atoms with Gasteiger partial charge >= 0.3 is 0 Å². The van der Waals surface area contributed by atoms with Gasteiger partial charge in [-0.2, -0.15) is 0 Å². The van der Waals surface area contributed by atoms with E-state index in [1.54, 1.807) is 13.1 Å². The van der Waals surface area contributed by atoms with Gasteiger partial charge in [-0.25, -0.2) is 8.78 Å². The highest BCUT2D eigenvalue weighted by Gasteiger charge is 2.16. The molecule has 0 aliphatic carbocycles. The SMILES string of the molecule is CNC(Cc1ccc(F)cc1F)c1ccc(Br)cc1Cl. The normalized spacial score (nSPS) is 12.4. The van der Waals surface area contributed by atoms with Crippen molar-refractivity contribution in [3.63, 3.8) is 0 Å². The van der Waals surface area contributed by atoms with E-state index in [0.29, 0.717) is 17.0 Å². The van der Waals surface area contributed by atoms with E-state index >= 15 is 0 Å². The Hall–Kier alpha value is -0.970. The minimum Gasteiger partial charge on any atom is -0.313 e. The molecule has 1 nitrogen and oxygen atoms in total. The van der Waals surface area contributed by atoms with E-state index in [4.69, 9.17) is 11.6 Å². The van der Waals surface area contributed by atoms with Crippen LogP contribution in [0.1, 0.15) is 17.2 Å². The van der Waals surface area contributed by atoms with Gasteiger partial charge in [0, 0.05) is 21.6 Å². The van der Waals surface area contributed by atoms with Crippen LogP contribution < -0.4 is 5.32 Å². The number of nitrogens with one attached hydrogen (secondary N) is 1. The summed E-state index contributed by atoms with van der Waals surface area (Å²) in [6, 6.07) is 9.03. The summed E-state index contributed by atoms with van der Waals surface area (Å²) in [7, 11) is 1.78. The number of likely N-dealkylation sites (N-methyl/N-ethyl adjacent to an activating group) is 1. The first-order valence-electron chi connectivity index (χ1n) is 6.07. The number of rotatable bonds is 4. The lowest BCUT2D eigenvalue weighted by atomic mass is 9.98. The molecule has 0 aliphatic rings. The molecule has 5 heteroatoms. The molecule has 0 aliphatic heterocycles. The Balaban J connectivity index is 2.28. The Morgan fingerprint density at radius 2 is 1.95 bits per heavy atom. The van der Waals surface area contributed by atoms with Crippen molar-refractivity contribution < 1.29 is 8.78 Å². The molecule has 0 spiro atoms. The third-order valence-electron chi connectivity index (χ3n) is 3.13. The molecule has 2 aromatic rings. The summed E-state index contributed by atoms with van der Waals surface area (Å²) in [6.07, 6.45) is 0.393. The Bertz CT molecular complexity index is 619. The van der Waals surface area contributed by atoms with Gasteiger partial charge in [0.15, 0.2) is 0 Å². The zero-order chi connectivity index (χ0) is 14.7. The highest BCUT2D eigenvalue weighted by Crippen LogP contribution is 2.29. The van der Waals surface area contributed by atoms with E-state index in [9.17, 15) is 8.78 Å².